The first-order valence-corrected chi connectivity index (χ1v) is 7.59. The molecule has 3 heteroatoms. The average molecular weight is 276 g/mol. The lowest BCUT2D eigenvalue weighted by molar-refractivity contribution is 0.316. The van der Waals surface area contributed by atoms with Gasteiger partial charge in [0.05, 0.1) is 12.8 Å². The molecule has 0 aliphatic carbocycles. The van der Waals surface area contributed by atoms with Gasteiger partial charge in [0.1, 0.15) is 5.75 Å². The van der Waals surface area contributed by atoms with E-state index in [2.05, 4.69) is 50.1 Å². The third-order valence-electron chi connectivity index (χ3n) is 2.97. The van der Waals surface area contributed by atoms with Gasteiger partial charge in [-0.15, -0.1) is 0 Å². The Balaban J connectivity index is 2.47. The predicted molar refractivity (Wildman–Crippen MR) is 86.0 cm³/mol. The van der Waals surface area contributed by atoms with Crippen LogP contribution in [-0.2, 0) is 0 Å². The van der Waals surface area contributed by atoms with Gasteiger partial charge in [0, 0.05) is 6.20 Å². The highest BCUT2D eigenvalue weighted by molar-refractivity contribution is 5.63. The molecule has 0 amide bonds. The first-order chi connectivity index (χ1) is 9.63. The molecule has 0 saturated carbocycles. The molecule has 3 nitrogen and oxygen atoms in total. The molecule has 0 saturated heterocycles. The Morgan fingerprint density at radius 2 is 2.20 bits per heavy atom. The van der Waals surface area contributed by atoms with Crippen LogP contribution in [0.15, 0.2) is 24.5 Å². The number of rotatable bonds is 9. The zero-order valence-electron chi connectivity index (χ0n) is 13.3. The highest BCUT2D eigenvalue weighted by atomic mass is 16.5. The molecule has 0 atom stereocenters. The molecule has 1 aromatic heterocycles. The summed E-state index contributed by atoms with van der Waals surface area (Å²) in [5, 5.41) is 3.45. The van der Waals surface area contributed by atoms with Crippen LogP contribution in [0.5, 0.6) is 5.75 Å². The van der Waals surface area contributed by atoms with Gasteiger partial charge in [-0.25, -0.2) is 0 Å². The summed E-state index contributed by atoms with van der Waals surface area (Å²) in [6, 6.07) is 2.07. The van der Waals surface area contributed by atoms with Gasteiger partial charge in [-0.2, -0.15) is 0 Å². The SMILES string of the molecule is CCCOc1cncc(/C(C)=C/CCNCC(C)C)c1. The Hall–Kier alpha value is -1.35. The van der Waals surface area contributed by atoms with Crippen molar-refractivity contribution in [3.63, 3.8) is 0 Å². The van der Waals surface area contributed by atoms with Gasteiger partial charge in [0.15, 0.2) is 0 Å². The quantitative estimate of drug-likeness (QED) is 0.694. The summed E-state index contributed by atoms with van der Waals surface area (Å²) in [7, 11) is 0. The van der Waals surface area contributed by atoms with Crippen molar-refractivity contribution < 1.29 is 4.74 Å². The number of nitrogens with one attached hydrogen (secondary N) is 1. The molecule has 1 rings (SSSR count). The minimum atomic E-state index is 0.705. The van der Waals surface area contributed by atoms with Crippen molar-refractivity contribution in [1.29, 1.82) is 0 Å². The van der Waals surface area contributed by atoms with Gasteiger partial charge >= 0.3 is 0 Å². The predicted octanol–water partition coefficient (Wildman–Crippen LogP) is 3.91. The van der Waals surface area contributed by atoms with Crippen molar-refractivity contribution >= 4 is 5.57 Å². The largest absolute Gasteiger partial charge is 0.492 e. The number of nitrogens with zero attached hydrogens (tertiary/aromatic N) is 1. The molecule has 1 N–H and O–H groups in total. The van der Waals surface area contributed by atoms with Crippen LogP contribution in [0.3, 0.4) is 0 Å². The minimum Gasteiger partial charge on any atom is -0.492 e. The summed E-state index contributed by atoms with van der Waals surface area (Å²) in [6.07, 6.45) is 7.98. The number of ether oxygens (including phenoxy) is 1. The molecule has 0 unspecified atom stereocenters. The Kier molecular flexibility index (Phi) is 7.97. The first-order valence-electron chi connectivity index (χ1n) is 7.59. The molecule has 1 heterocycles. The highest BCUT2D eigenvalue weighted by Gasteiger charge is 2.00. The van der Waals surface area contributed by atoms with E-state index in [0.717, 1.165) is 43.9 Å². The van der Waals surface area contributed by atoms with Crippen molar-refractivity contribution in [2.24, 2.45) is 5.92 Å². The lowest BCUT2D eigenvalue weighted by Crippen LogP contribution is -2.20. The molecule has 112 valence electrons. The van der Waals surface area contributed by atoms with E-state index < -0.39 is 0 Å². The van der Waals surface area contributed by atoms with E-state index in [9.17, 15) is 0 Å². The molecule has 1 aromatic rings. The summed E-state index contributed by atoms with van der Waals surface area (Å²) in [5.41, 5.74) is 2.40. The summed E-state index contributed by atoms with van der Waals surface area (Å²) in [6.45, 7) is 11.5. The second-order valence-corrected chi connectivity index (χ2v) is 5.53. The van der Waals surface area contributed by atoms with Crippen LogP contribution in [0.25, 0.3) is 5.57 Å². The maximum Gasteiger partial charge on any atom is 0.138 e. The minimum absolute atomic E-state index is 0.705. The van der Waals surface area contributed by atoms with Crippen LogP contribution in [0.1, 0.15) is 46.1 Å². The van der Waals surface area contributed by atoms with Crippen LogP contribution in [0.4, 0.5) is 0 Å². The maximum atomic E-state index is 5.61. The maximum absolute atomic E-state index is 5.61. The van der Waals surface area contributed by atoms with Crippen LogP contribution >= 0.6 is 0 Å². The van der Waals surface area contributed by atoms with E-state index in [-0.39, 0.29) is 0 Å². The van der Waals surface area contributed by atoms with Crippen LogP contribution in [-0.4, -0.2) is 24.7 Å². The van der Waals surface area contributed by atoms with Crippen LogP contribution in [0, 0.1) is 5.92 Å². The zero-order valence-corrected chi connectivity index (χ0v) is 13.3. The third-order valence-corrected chi connectivity index (χ3v) is 2.97. The molecule has 0 radical (unpaired) electrons. The Labute approximate surface area is 123 Å². The van der Waals surface area contributed by atoms with E-state index in [1.165, 1.54) is 5.57 Å². The number of aromatic nitrogens is 1. The lowest BCUT2D eigenvalue weighted by atomic mass is 10.1. The summed E-state index contributed by atoms with van der Waals surface area (Å²) in [4.78, 5) is 4.24. The number of allylic oxidation sites excluding steroid dienone is 1. The van der Waals surface area contributed by atoms with Crippen LogP contribution < -0.4 is 10.1 Å². The second kappa shape index (κ2) is 9.54. The molecular formula is C17H28N2O. The Bertz CT molecular complexity index is 413. The number of hydrogen-bond acceptors (Lipinski definition) is 3. The summed E-state index contributed by atoms with van der Waals surface area (Å²) < 4.78 is 5.61. The van der Waals surface area contributed by atoms with Gasteiger partial charge < -0.3 is 10.1 Å². The van der Waals surface area contributed by atoms with E-state index in [1.807, 2.05) is 6.20 Å². The topological polar surface area (TPSA) is 34.1 Å². The molecule has 0 bridgehead atoms. The number of hydrogen-bond donors (Lipinski definition) is 1. The van der Waals surface area contributed by atoms with Crippen LogP contribution in [0.2, 0.25) is 0 Å². The fraction of sp³-hybridized carbons (Fsp3) is 0.588. The highest BCUT2D eigenvalue weighted by Crippen LogP contribution is 2.18. The zero-order chi connectivity index (χ0) is 14.8. The standard InChI is InChI=1S/C17H28N2O/c1-5-9-20-17-10-16(12-19-13-17)15(4)7-6-8-18-11-14(2)3/h7,10,12-14,18H,5-6,8-9,11H2,1-4H3/b15-7+. The smallest absolute Gasteiger partial charge is 0.138 e. The van der Waals surface area contributed by atoms with E-state index in [0.29, 0.717) is 5.92 Å². The van der Waals surface area contributed by atoms with E-state index in [1.54, 1.807) is 6.20 Å². The normalized spacial score (nSPS) is 11.9. The van der Waals surface area contributed by atoms with Crippen molar-refractivity contribution in [2.75, 3.05) is 19.7 Å². The van der Waals surface area contributed by atoms with E-state index >= 15 is 0 Å². The molecule has 0 aliphatic rings. The van der Waals surface area contributed by atoms with Crippen molar-refractivity contribution in [3.05, 3.63) is 30.1 Å². The average Bonchev–Trinajstić information content (AvgIpc) is 2.44. The summed E-state index contributed by atoms with van der Waals surface area (Å²) in [5.74, 6) is 1.56. The van der Waals surface area contributed by atoms with Gasteiger partial charge in [-0.05, 0) is 56.0 Å². The monoisotopic (exact) mass is 276 g/mol. The fourth-order valence-corrected chi connectivity index (χ4v) is 1.83. The molecular weight excluding hydrogens is 248 g/mol. The molecule has 20 heavy (non-hydrogen) atoms. The van der Waals surface area contributed by atoms with Crippen molar-refractivity contribution in [3.8, 4) is 5.75 Å². The fourth-order valence-electron chi connectivity index (χ4n) is 1.83. The molecule has 0 spiro atoms. The number of pyridine rings is 1. The molecule has 0 fully saturated rings. The molecule has 0 aromatic carbocycles. The van der Waals surface area contributed by atoms with E-state index in [4.69, 9.17) is 4.74 Å². The third kappa shape index (κ3) is 6.71. The van der Waals surface area contributed by atoms with Gasteiger partial charge in [0.2, 0.25) is 0 Å². The Morgan fingerprint density at radius 1 is 1.40 bits per heavy atom. The van der Waals surface area contributed by atoms with Crippen molar-refractivity contribution in [1.82, 2.24) is 10.3 Å². The first kappa shape index (κ1) is 16.7. The van der Waals surface area contributed by atoms with Gasteiger partial charge in [0.25, 0.3) is 0 Å². The lowest BCUT2D eigenvalue weighted by Gasteiger charge is -2.08. The Morgan fingerprint density at radius 3 is 2.90 bits per heavy atom. The second-order valence-electron chi connectivity index (χ2n) is 5.53. The molecule has 0 aliphatic heterocycles. The summed E-state index contributed by atoms with van der Waals surface area (Å²) >= 11 is 0. The van der Waals surface area contributed by atoms with Crippen molar-refractivity contribution in [2.45, 2.75) is 40.5 Å². The van der Waals surface area contributed by atoms with Gasteiger partial charge in [-0.1, -0.05) is 26.8 Å². The van der Waals surface area contributed by atoms with Gasteiger partial charge in [-0.3, -0.25) is 4.98 Å².